The first-order chi connectivity index (χ1) is 16.5. The van der Waals surface area contributed by atoms with Gasteiger partial charge in [0.15, 0.2) is 5.11 Å². The SMILES string of the molecule is Cc1ccc(N2C(=O)C(=Cc3ccc4c(c3)CCCN4Cc3ccccc3)C(=O)NC2=S)cc1. The maximum atomic E-state index is 13.3. The zero-order chi connectivity index (χ0) is 23.7. The van der Waals surface area contributed by atoms with Gasteiger partial charge in [0.2, 0.25) is 0 Å². The van der Waals surface area contributed by atoms with Gasteiger partial charge in [-0.15, -0.1) is 0 Å². The first kappa shape index (κ1) is 22.0. The van der Waals surface area contributed by atoms with Gasteiger partial charge in [0.05, 0.1) is 5.69 Å². The smallest absolute Gasteiger partial charge is 0.270 e. The minimum atomic E-state index is -0.471. The Bertz CT molecular complexity index is 1300. The van der Waals surface area contributed by atoms with Crippen molar-refractivity contribution in [2.75, 3.05) is 16.3 Å². The zero-order valence-corrected chi connectivity index (χ0v) is 19.8. The maximum Gasteiger partial charge on any atom is 0.270 e. The van der Waals surface area contributed by atoms with Crippen LogP contribution in [0, 0.1) is 6.92 Å². The van der Waals surface area contributed by atoms with Gasteiger partial charge in [-0.3, -0.25) is 19.8 Å². The molecule has 2 heterocycles. The molecule has 0 radical (unpaired) electrons. The van der Waals surface area contributed by atoms with Crippen molar-refractivity contribution < 1.29 is 9.59 Å². The van der Waals surface area contributed by atoms with Crippen molar-refractivity contribution in [2.45, 2.75) is 26.3 Å². The van der Waals surface area contributed by atoms with Crippen molar-refractivity contribution in [3.05, 3.63) is 101 Å². The van der Waals surface area contributed by atoms with Crippen LogP contribution in [0.1, 0.15) is 28.7 Å². The summed E-state index contributed by atoms with van der Waals surface area (Å²) in [5.74, 6) is -0.886. The lowest BCUT2D eigenvalue weighted by molar-refractivity contribution is -0.122. The van der Waals surface area contributed by atoms with Gasteiger partial charge < -0.3 is 4.90 Å². The Morgan fingerprint density at radius 3 is 2.53 bits per heavy atom. The second-order valence-electron chi connectivity index (χ2n) is 8.69. The van der Waals surface area contributed by atoms with Crippen LogP contribution in [-0.4, -0.2) is 23.5 Å². The second-order valence-corrected chi connectivity index (χ2v) is 9.08. The van der Waals surface area contributed by atoms with Crippen LogP contribution in [0.25, 0.3) is 6.08 Å². The highest BCUT2D eigenvalue weighted by Gasteiger charge is 2.34. The third-order valence-corrected chi connectivity index (χ3v) is 6.52. The Morgan fingerprint density at radius 1 is 1.00 bits per heavy atom. The molecular weight excluding hydrogens is 442 g/mol. The molecule has 0 aromatic heterocycles. The number of carbonyl (C=O) groups excluding carboxylic acids is 2. The number of amides is 2. The van der Waals surface area contributed by atoms with Crippen molar-refractivity contribution in [1.29, 1.82) is 0 Å². The van der Waals surface area contributed by atoms with E-state index in [2.05, 4.69) is 46.6 Å². The van der Waals surface area contributed by atoms with E-state index >= 15 is 0 Å². The van der Waals surface area contributed by atoms with Crippen molar-refractivity contribution in [1.82, 2.24) is 5.32 Å². The molecule has 5 rings (SSSR count). The van der Waals surface area contributed by atoms with Crippen LogP contribution >= 0.6 is 12.2 Å². The molecule has 2 aliphatic rings. The maximum absolute atomic E-state index is 13.3. The molecule has 0 atom stereocenters. The van der Waals surface area contributed by atoms with Crippen molar-refractivity contribution in [3.8, 4) is 0 Å². The summed E-state index contributed by atoms with van der Waals surface area (Å²) in [7, 11) is 0. The van der Waals surface area contributed by atoms with E-state index < -0.39 is 11.8 Å². The summed E-state index contributed by atoms with van der Waals surface area (Å²) in [5.41, 5.74) is 6.33. The molecule has 2 amide bonds. The summed E-state index contributed by atoms with van der Waals surface area (Å²) in [6, 6.07) is 24.1. The fourth-order valence-electron chi connectivity index (χ4n) is 4.51. The minimum absolute atomic E-state index is 0.0751. The Hall–Kier alpha value is -3.77. The number of benzene rings is 3. The predicted molar refractivity (Wildman–Crippen MR) is 140 cm³/mol. The number of carbonyl (C=O) groups is 2. The van der Waals surface area contributed by atoms with Crippen LogP contribution < -0.4 is 15.1 Å². The largest absolute Gasteiger partial charge is 0.367 e. The number of aryl methyl sites for hydroxylation is 2. The van der Waals surface area contributed by atoms with E-state index in [1.54, 1.807) is 6.08 Å². The monoisotopic (exact) mass is 467 g/mol. The van der Waals surface area contributed by atoms with Crippen LogP contribution in [0.3, 0.4) is 0 Å². The molecule has 0 aliphatic carbocycles. The molecule has 1 saturated heterocycles. The number of fused-ring (bicyclic) bond motifs is 1. The van der Waals surface area contributed by atoms with Crippen LogP contribution in [0.5, 0.6) is 0 Å². The van der Waals surface area contributed by atoms with E-state index in [0.717, 1.165) is 37.1 Å². The number of hydrogen-bond donors (Lipinski definition) is 1. The Morgan fingerprint density at radius 2 is 1.76 bits per heavy atom. The van der Waals surface area contributed by atoms with E-state index in [9.17, 15) is 9.59 Å². The number of nitrogens with one attached hydrogen (secondary N) is 1. The summed E-state index contributed by atoms with van der Waals surface area (Å²) in [6.07, 6.45) is 3.70. The molecule has 2 aliphatic heterocycles. The Labute approximate surface area is 204 Å². The molecule has 3 aromatic rings. The molecule has 0 spiro atoms. The Balaban J connectivity index is 1.43. The molecule has 0 saturated carbocycles. The second kappa shape index (κ2) is 9.23. The van der Waals surface area contributed by atoms with Crippen LogP contribution in [0.4, 0.5) is 11.4 Å². The average molecular weight is 468 g/mol. The molecule has 0 unspecified atom stereocenters. The van der Waals surface area contributed by atoms with Crippen molar-refractivity contribution in [3.63, 3.8) is 0 Å². The van der Waals surface area contributed by atoms with Crippen molar-refractivity contribution in [2.24, 2.45) is 0 Å². The molecule has 34 heavy (non-hydrogen) atoms. The lowest BCUT2D eigenvalue weighted by atomic mass is 9.97. The number of rotatable bonds is 4. The Kier molecular flexibility index (Phi) is 5.99. The molecule has 1 N–H and O–H groups in total. The first-order valence-electron chi connectivity index (χ1n) is 11.4. The fraction of sp³-hybridized carbons (Fsp3) is 0.179. The molecule has 5 nitrogen and oxygen atoms in total. The quantitative estimate of drug-likeness (QED) is 0.341. The van der Waals surface area contributed by atoms with Gasteiger partial charge in [0, 0.05) is 18.8 Å². The number of hydrogen-bond acceptors (Lipinski definition) is 4. The lowest BCUT2D eigenvalue weighted by Gasteiger charge is -2.32. The highest BCUT2D eigenvalue weighted by atomic mass is 32.1. The predicted octanol–water partition coefficient (Wildman–Crippen LogP) is 4.78. The zero-order valence-electron chi connectivity index (χ0n) is 19.0. The summed E-state index contributed by atoms with van der Waals surface area (Å²) in [4.78, 5) is 29.7. The molecule has 170 valence electrons. The van der Waals surface area contributed by atoms with E-state index in [1.807, 2.05) is 43.3 Å². The number of thiocarbonyl (C=S) groups is 1. The van der Waals surface area contributed by atoms with Gasteiger partial charge in [-0.25, -0.2) is 0 Å². The topological polar surface area (TPSA) is 52.7 Å². The van der Waals surface area contributed by atoms with Gasteiger partial charge in [-0.1, -0.05) is 54.1 Å². The van der Waals surface area contributed by atoms with Gasteiger partial charge in [0.1, 0.15) is 5.57 Å². The summed E-state index contributed by atoms with van der Waals surface area (Å²) in [5, 5.41) is 2.76. The minimum Gasteiger partial charge on any atom is -0.367 e. The highest BCUT2D eigenvalue weighted by Crippen LogP contribution is 2.30. The van der Waals surface area contributed by atoms with Gasteiger partial charge in [0.25, 0.3) is 11.8 Å². The van der Waals surface area contributed by atoms with E-state index in [4.69, 9.17) is 12.2 Å². The lowest BCUT2D eigenvalue weighted by Crippen LogP contribution is -2.54. The van der Waals surface area contributed by atoms with Crippen molar-refractivity contribution >= 4 is 46.6 Å². The molecule has 3 aromatic carbocycles. The highest BCUT2D eigenvalue weighted by molar-refractivity contribution is 7.80. The fourth-order valence-corrected chi connectivity index (χ4v) is 4.79. The molecule has 1 fully saturated rings. The summed E-state index contributed by atoms with van der Waals surface area (Å²) in [6.45, 7) is 3.84. The normalized spacial score (nSPS) is 17.1. The van der Waals surface area contributed by atoms with E-state index in [1.165, 1.54) is 21.7 Å². The van der Waals surface area contributed by atoms with Gasteiger partial charge in [-0.2, -0.15) is 0 Å². The molecule has 0 bridgehead atoms. The average Bonchev–Trinajstić information content (AvgIpc) is 2.83. The summed E-state index contributed by atoms with van der Waals surface area (Å²) < 4.78 is 0. The third-order valence-electron chi connectivity index (χ3n) is 6.24. The summed E-state index contributed by atoms with van der Waals surface area (Å²) >= 11 is 5.30. The van der Waals surface area contributed by atoms with Crippen LogP contribution in [-0.2, 0) is 22.6 Å². The van der Waals surface area contributed by atoms with E-state index in [0.29, 0.717) is 5.69 Å². The first-order valence-corrected chi connectivity index (χ1v) is 11.8. The molecule has 6 heteroatoms. The number of anilines is 2. The van der Waals surface area contributed by atoms with Gasteiger partial charge >= 0.3 is 0 Å². The van der Waals surface area contributed by atoms with Crippen LogP contribution in [0.15, 0.2) is 78.4 Å². The van der Waals surface area contributed by atoms with Crippen LogP contribution in [0.2, 0.25) is 0 Å². The number of nitrogens with zero attached hydrogens (tertiary/aromatic N) is 2. The third kappa shape index (κ3) is 4.37. The van der Waals surface area contributed by atoms with Gasteiger partial charge in [-0.05, 0) is 79.0 Å². The standard InChI is InChI=1S/C28H25N3O2S/c1-19-9-12-23(13-10-19)31-27(33)24(26(32)29-28(31)34)17-21-11-14-25-22(16-21)8-5-15-30(25)18-20-6-3-2-4-7-20/h2-4,6-7,9-14,16-17H,5,8,15,18H2,1H3,(H,29,32,34). The molecular formula is C28H25N3O2S. The van der Waals surface area contributed by atoms with E-state index in [-0.39, 0.29) is 10.7 Å².